The van der Waals surface area contributed by atoms with Crippen LogP contribution in [-0.4, -0.2) is 68.5 Å². The van der Waals surface area contributed by atoms with Crippen molar-refractivity contribution in [2.75, 3.05) is 31.1 Å². The number of anilines is 1. The highest BCUT2D eigenvalue weighted by molar-refractivity contribution is 5.79. The molecular weight excluding hydrogens is 525 g/mol. The van der Waals surface area contributed by atoms with Gasteiger partial charge in [0, 0.05) is 40.2 Å². The fourth-order valence-corrected chi connectivity index (χ4v) is 3.51. The number of carbonyl (C=O) groups excluding carboxylic acids is 1. The molecule has 1 aliphatic heterocycles. The van der Waals surface area contributed by atoms with Crippen LogP contribution in [0.2, 0.25) is 0 Å². The summed E-state index contributed by atoms with van der Waals surface area (Å²) in [6.45, 7) is 5.83. The molecule has 39 heavy (non-hydrogen) atoms. The highest BCUT2D eigenvalue weighted by Gasteiger charge is 2.41. The third kappa shape index (κ3) is 7.05. The number of aromatic nitrogens is 4. The summed E-state index contributed by atoms with van der Waals surface area (Å²) in [5, 5.41) is 10.7. The number of halogens is 3. The molecule has 0 amide bonds. The lowest BCUT2D eigenvalue weighted by molar-refractivity contribution is -0.189. The number of rotatable bonds is 5. The molecule has 4 rings (SSSR count). The van der Waals surface area contributed by atoms with Crippen LogP contribution in [0.1, 0.15) is 13.8 Å². The number of aliphatic carboxylic acids is 1. The van der Waals surface area contributed by atoms with Crippen LogP contribution in [-0.2, 0) is 23.2 Å². The zero-order valence-corrected chi connectivity index (χ0v) is 21.2. The number of nitrogens with zero attached hydrogens (tertiary/aromatic N) is 5. The van der Waals surface area contributed by atoms with Crippen molar-refractivity contribution in [1.29, 1.82) is 0 Å². The Morgan fingerprint density at radius 3 is 2.36 bits per heavy atom. The van der Waals surface area contributed by atoms with Gasteiger partial charge in [0.2, 0.25) is 5.95 Å². The zero-order chi connectivity index (χ0) is 28.7. The van der Waals surface area contributed by atoms with Crippen molar-refractivity contribution in [3.8, 4) is 29.4 Å². The standard InChI is InChI=1S/C22H21F3N6O4.C2H4O2/c1-3-4-11-31-16-17(27-20(31)30-12-9-26-10-13-30)28-21(29(2)18(16)32)35-15-8-6-5-7-14(15)34-19(33)22(23,24)25;1-2(3)4/h5-8,26H,9-13H2,1-2H3;1H3,(H,3,4). The Bertz CT molecular complexity index is 1480. The Kier molecular flexibility index (Phi) is 9.15. The average molecular weight is 550 g/mol. The van der Waals surface area contributed by atoms with Crippen molar-refractivity contribution in [2.24, 2.45) is 7.05 Å². The van der Waals surface area contributed by atoms with Gasteiger partial charge in [-0.3, -0.25) is 18.7 Å². The highest BCUT2D eigenvalue weighted by Crippen LogP contribution is 2.32. The van der Waals surface area contributed by atoms with E-state index in [1.807, 2.05) is 4.90 Å². The Hall–Kier alpha value is -4.58. The quantitative estimate of drug-likeness (QED) is 0.275. The van der Waals surface area contributed by atoms with E-state index >= 15 is 0 Å². The summed E-state index contributed by atoms with van der Waals surface area (Å²) in [4.78, 5) is 44.5. The maximum Gasteiger partial charge on any atom is 0.491 e. The minimum atomic E-state index is -5.19. The minimum Gasteiger partial charge on any atom is -0.481 e. The molecule has 2 aromatic heterocycles. The molecule has 15 heteroatoms. The number of carbonyl (C=O) groups is 2. The number of para-hydroxylation sites is 2. The van der Waals surface area contributed by atoms with Crippen LogP contribution in [0, 0.1) is 11.8 Å². The van der Waals surface area contributed by atoms with Gasteiger partial charge in [-0.25, -0.2) is 4.79 Å². The summed E-state index contributed by atoms with van der Waals surface area (Å²) in [7, 11) is 1.40. The van der Waals surface area contributed by atoms with Crippen molar-refractivity contribution in [3.63, 3.8) is 0 Å². The number of nitrogens with one attached hydrogen (secondary N) is 1. The number of fused-ring (bicyclic) bond motifs is 1. The molecule has 1 aliphatic rings. The normalized spacial score (nSPS) is 13.1. The molecule has 0 unspecified atom stereocenters. The molecule has 0 atom stereocenters. The Labute approximate surface area is 220 Å². The topological polar surface area (TPSA) is 141 Å². The lowest BCUT2D eigenvalue weighted by Crippen LogP contribution is -2.44. The third-order valence-corrected chi connectivity index (χ3v) is 5.22. The molecule has 0 saturated carbocycles. The van der Waals surface area contributed by atoms with Crippen LogP contribution in [0.5, 0.6) is 17.5 Å². The molecule has 0 radical (unpaired) electrons. The Balaban J connectivity index is 0.000000983. The van der Waals surface area contributed by atoms with Crippen LogP contribution in [0.3, 0.4) is 0 Å². The Morgan fingerprint density at radius 1 is 1.15 bits per heavy atom. The zero-order valence-electron chi connectivity index (χ0n) is 21.2. The number of hydrogen-bond acceptors (Lipinski definition) is 9. The average Bonchev–Trinajstić information content (AvgIpc) is 3.24. The maximum absolute atomic E-state index is 13.3. The van der Waals surface area contributed by atoms with Crippen LogP contribution >= 0.6 is 0 Å². The maximum atomic E-state index is 13.3. The van der Waals surface area contributed by atoms with Gasteiger partial charge in [0.25, 0.3) is 11.5 Å². The smallest absolute Gasteiger partial charge is 0.481 e. The van der Waals surface area contributed by atoms with Crippen LogP contribution in [0.15, 0.2) is 29.1 Å². The number of benzene rings is 1. The van der Waals surface area contributed by atoms with E-state index in [1.54, 1.807) is 11.5 Å². The van der Waals surface area contributed by atoms with E-state index in [0.29, 0.717) is 19.0 Å². The van der Waals surface area contributed by atoms with Gasteiger partial charge in [0.15, 0.2) is 22.7 Å². The van der Waals surface area contributed by atoms with Crippen LogP contribution in [0.4, 0.5) is 19.1 Å². The molecule has 0 aliphatic carbocycles. The van der Waals surface area contributed by atoms with Gasteiger partial charge in [-0.1, -0.05) is 18.1 Å². The summed E-state index contributed by atoms with van der Waals surface area (Å²) in [5.41, 5.74) is -0.172. The number of hydrogen-bond donors (Lipinski definition) is 2. The van der Waals surface area contributed by atoms with E-state index in [9.17, 15) is 22.8 Å². The summed E-state index contributed by atoms with van der Waals surface area (Å²) in [6, 6.07) is 5.03. The van der Waals surface area contributed by atoms with E-state index in [4.69, 9.17) is 14.6 Å². The number of piperazine rings is 1. The summed E-state index contributed by atoms with van der Waals surface area (Å²) < 4.78 is 50.8. The molecule has 0 bridgehead atoms. The van der Waals surface area contributed by atoms with Crippen molar-refractivity contribution in [3.05, 3.63) is 34.6 Å². The van der Waals surface area contributed by atoms with Crippen molar-refractivity contribution >= 4 is 29.1 Å². The predicted molar refractivity (Wildman–Crippen MR) is 133 cm³/mol. The molecular formula is C24H25F3N6O6. The van der Waals surface area contributed by atoms with Gasteiger partial charge in [-0.15, -0.1) is 5.92 Å². The Morgan fingerprint density at radius 2 is 1.77 bits per heavy atom. The first-order valence-corrected chi connectivity index (χ1v) is 11.5. The summed E-state index contributed by atoms with van der Waals surface area (Å²) >= 11 is 0. The van der Waals surface area contributed by atoms with E-state index in [0.717, 1.165) is 30.6 Å². The second kappa shape index (κ2) is 12.3. The minimum absolute atomic E-state index is 0.0966. The van der Waals surface area contributed by atoms with E-state index in [1.165, 1.54) is 25.2 Å². The number of imidazole rings is 1. The van der Waals surface area contributed by atoms with Gasteiger partial charge < -0.3 is 24.8 Å². The van der Waals surface area contributed by atoms with Crippen LogP contribution in [0.25, 0.3) is 11.2 Å². The SMILES string of the molecule is CC#CCn1c(N2CCNCC2)nc2nc(Oc3ccccc3OC(=O)C(F)(F)F)n(C)c(=O)c21.CC(=O)O. The number of carboxylic acid groups (broad SMARTS) is 1. The monoisotopic (exact) mass is 550 g/mol. The lowest BCUT2D eigenvalue weighted by atomic mass is 10.3. The number of alkyl halides is 3. The number of carboxylic acids is 1. The first kappa shape index (κ1) is 29.0. The molecule has 0 spiro atoms. The van der Waals surface area contributed by atoms with E-state index in [2.05, 4.69) is 31.9 Å². The number of esters is 1. The van der Waals surface area contributed by atoms with Crippen molar-refractivity contribution in [2.45, 2.75) is 26.6 Å². The molecule has 1 aromatic carbocycles. The second-order valence-corrected chi connectivity index (χ2v) is 8.05. The largest absolute Gasteiger partial charge is 0.491 e. The second-order valence-electron chi connectivity index (χ2n) is 8.05. The van der Waals surface area contributed by atoms with Gasteiger partial charge in [-0.05, 0) is 19.1 Å². The third-order valence-electron chi connectivity index (χ3n) is 5.22. The first-order valence-electron chi connectivity index (χ1n) is 11.5. The molecule has 1 saturated heterocycles. The molecule has 3 heterocycles. The van der Waals surface area contributed by atoms with E-state index in [-0.39, 0.29) is 29.5 Å². The number of ether oxygens (including phenoxy) is 2. The highest BCUT2D eigenvalue weighted by atomic mass is 19.4. The molecule has 2 N–H and O–H groups in total. The molecule has 1 fully saturated rings. The molecule has 12 nitrogen and oxygen atoms in total. The van der Waals surface area contributed by atoms with Gasteiger partial charge >= 0.3 is 18.2 Å². The van der Waals surface area contributed by atoms with Gasteiger partial charge in [0.1, 0.15) is 0 Å². The van der Waals surface area contributed by atoms with E-state index < -0.39 is 29.4 Å². The lowest BCUT2D eigenvalue weighted by Gasteiger charge is -2.28. The summed E-state index contributed by atoms with van der Waals surface area (Å²) in [5.74, 6) is 2.34. The van der Waals surface area contributed by atoms with Crippen molar-refractivity contribution < 1.29 is 37.3 Å². The van der Waals surface area contributed by atoms with Gasteiger partial charge in [0.05, 0.1) is 6.54 Å². The summed E-state index contributed by atoms with van der Waals surface area (Å²) in [6.07, 6.45) is -5.19. The van der Waals surface area contributed by atoms with Gasteiger partial charge in [-0.2, -0.15) is 23.1 Å². The fraction of sp³-hybridized carbons (Fsp3) is 0.375. The molecule has 3 aromatic rings. The first-order chi connectivity index (χ1) is 18.4. The van der Waals surface area contributed by atoms with Crippen LogP contribution < -0.4 is 25.2 Å². The van der Waals surface area contributed by atoms with Crippen molar-refractivity contribution in [1.82, 2.24) is 24.4 Å². The fourth-order valence-electron chi connectivity index (χ4n) is 3.51. The molecule has 208 valence electrons. The predicted octanol–water partition coefficient (Wildman–Crippen LogP) is 1.91.